The predicted octanol–water partition coefficient (Wildman–Crippen LogP) is 6.74. The molecule has 12 heteroatoms. The largest absolute Gasteiger partial charge is 0.497 e. The Balaban J connectivity index is 1.35. The smallest absolute Gasteiger partial charge is 0.437 e. The molecule has 1 atom stereocenters. The molecule has 0 radical (unpaired) electrons. The van der Waals surface area contributed by atoms with Crippen LogP contribution in [-0.4, -0.2) is 61.1 Å². The number of nitrogens with two attached hydrogens (primary N) is 1. The first-order valence-corrected chi connectivity index (χ1v) is 18.6. The number of carbonyl (C=O) groups is 4. The van der Waals surface area contributed by atoms with Crippen LogP contribution in [0.3, 0.4) is 0 Å². The van der Waals surface area contributed by atoms with Crippen molar-refractivity contribution in [3.05, 3.63) is 173 Å². The zero-order chi connectivity index (χ0) is 40.2. The fourth-order valence-corrected chi connectivity index (χ4v) is 6.06. The van der Waals surface area contributed by atoms with Gasteiger partial charge in [-0.15, -0.1) is 4.99 Å². The molecule has 0 aromatic heterocycles. The summed E-state index contributed by atoms with van der Waals surface area (Å²) < 4.78 is 16.2. The van der Waals surface area contributed by atoms with Gasteiger partial charge >= 0.3 is 12.2 Å². The van der Waals surface area contributed by atoms with Crippen LogP contribution in [0, 0.1) is 0 Å². The average molecular weight is 770 g/mol. The van der Waals surface area contributed by atoms with Crippen molar-refractivity contribution in [3.8, 4) is 5.75 Å². The van der Waals surface area contributed by atoms with Gasteiger partial charge in [0.05, 0.1) is 13.0 Å². The van der Waals surface area contributed by atoms with Gasteiger partial charge in [-0.3, -0.25) is 14.9 Å². The maximum Gasteiger partial charge on any atom is 0.437 e. The van der Waals surface area contributed by atoms with Gasteiger partial charge < -0.3 is 30.2 Å². The van der Waals surface area contributed by atoms with Crippen molar-refractivity contribution in [2.45, 2.75) is 44.4 Å². The van der Waals surface area contributed by atoms with Crippen LogP contribution in [0.2, 0.25) is 0 Å². The van der Waals surface area contributed by atoms with E-state index in [0.29, 0.717) is 18.6 Å². The third kappa shape index (κ3) is 13.4. The molecule has 4 amide bonds. The van der Waals surface area contributed by atoms with Crippen LogP contribution in [0.25, 0.3) is 0 Å². The van der Waals surface area contributed by atoms with Gasteiger partial charge in [0, 0.05) is 13.1 Å². The highest BCUT2D eigenvalue weighted by Crippen LogP contribution is 2.25. The van der Waals surface area contributed by atoms with E-state index in [9.17, 15) is 19.2 Å². The van der Waals surface area contributed by atoms with Gasteiger partial charge in [-0.25, -0.2) is 9.59 Å². The number of rotatable bonds is 17. The topological polar surface area (TPSA) is 162 Å². The molecule has 12 nitrogen and oxygen atoms in total. The maximum absolute atomic E-state index is 13.9. The molecule has 0 aliphatic carbocycles. The summed E-state index contributed by atoms with van der Waals surface area (Å²) in [5.74, 6) is -1.16. The zero-order valence-electron chi connectivity index (χ0n) is 31.8. The lowest BCUT2D eigenvalue weighted by Crippen LogP contribution is -2.48. The molecule has 5 aromatic rings. The summed E-state index contributed by atoms with van der Waals surface area (Å²) in [5.41, 5.74) is 9.86. The molecule has 57 heavy (non-hydrogen) atoms. The van der Waals surface area contributed by atoms with E-state index in [0.717, 1.165) is 27.8 Å². The fourth-order valence-electron chi connectivity index (χ4n) is 6.06. The molecule has 5 aromatic carbocycles. The maximum atomic E-state index is 13.9. The van der Waals surface area contributed by atoms with Gasteiger partial charge in [-0.1, -0.05) is 133 Å². The number of nitrogens with zero attached hydrogens (tertiary/aromatic N) is 2. The highest BCUT2D eigenvalue weighted by Gasteiger charge is 2.27. The first kappa shape index (κ1) is 41.2. The first-order valence-electron chi connectivity index (χ1n) is 18.6. The summed E-state index contributed by atoms with van der Waals surface area (Å²) in [5, 5.41) is 5.52. The Morgan fingerprint density at radius 1 is 0.667 bits per heavy atom. The number of guanidine groups is 1. The van der Waals surface area contributed by atoms with Crippen LogP contribution in [0.4, 0.5) is 9.59 Å². The van der Waals surface area contributed by atoms with Gasteiger partial charge in [-0.2, -0.15) is 0 Å². The Labute approximate surface area is 332 Å². The Morgan fingerprint density at radius 3 is 1.72 bits per heavy atom. The zero-order valence-corrected chi connectivity index (χ0v) is 31.8. The predicted molar refractivity (Wildman–Crippen MR) is 217 cm³/mol. The molecule has 0 bridgehead atoms. The van der Waals surface area contributed by atoms with E-state index < -0.39 is 30.1 Å². The normalized spacial score (nSPS) is 11.6. The second-order valence-corrected chi connectivity index (χ2v) is 13.1. The Morgan fingerprint density at radius 2 is 1.19 bits per heavy atom. The van der Waals surface area contributed by atoms with Crippen molar-refractivity contribution in [2.24, 2.45) is 10.7 Å². The van der Waals surface area contributed by atoms with Crippen molar-refractivity contribution in [2.75, 3.05) is 20.2 Å². The summed E-state index contributed by atoms with van der Waals surface area (Å²) in [4.78, 5) is 58.9. The van der Waals surface area contributed by atoms with Crippen LogP contribution in [0.15, 0.2) is 151 Å². The van der Waals surface area contributed by atoms with E-state index in [1.807, 2.05) is 146 Å². The Kier molecular flexibility index (Phi) is 15.8. The van der Waals surface area contributed by atoms with Crippen molar-refractivity contribution >= 4 is 30.0 Å². The van der Waals surface area contributed by atoms with Crippen molar-refractivity contribution < 1.29 is 33.4 Å². The molecule has 5 rings (SSSR count). The van der Waals surface area contributed by atoms with E-state index in [2.05, 4.69) is 15.6 Å². The van der Waals surface area contributed by atoms with E-state index in [1.54, 1.807) is 12.0 Å². The lowest BCUT2D eigenvalue weighted by atomic mass is 9.90. The number of carbonyl (C=O) groups excluding carboxylic acids is 4. The molecule has 294 valence electrons. The molecule has 0 fully saturated rings. The third-order valence-electron chi connectivity index (χ3n) is 9.07. The number of hydrogen-bond donors (Lipinski definition) is 3. The summed E-state index contributed by atoms with van der Waals surface area (Å²) in [6.07, 6.45) is -0.828. The quantitative estimate of drug-likeness (QED) is 0.0692. The highest BCUT2D eigenvalue weighted by molar-refractivity contribution is 5.99. The van der Waals surface area contributed by atoms with Crippen LogP contribution >= 0.6 is 0 Å². The lowest BCUT2D eigenvalue weighted by molar-refractivity contribution is -0.127. The molecule has 0 aliphatic heterocycles. The minimum atomic E-state index is -1.02. The first-order chi connectivity index (χ1) is 27.8. The molecule has 4 N–H and O–H groups in total. The molecule has 0 saturated heterocycles. The molecular formula is C45H47N5O7. The number of ether oxygens (including phenoxy) is 3. The standard InChI is InChI=1S/C45H47N5O7/c1-55-38-26-24-33(25-27-38)28-30-50(29-14-23-39(41(46)51)47-42(52)40(36-19-10-4-11-20-36)37-21-12-5-13-22-37)43(48-44(53)56-31-34-15-6-2-7-16-34)49-45(54)57-32-35-17-8-3-9-18-35/h2-13,15-22,24-27,39-40H,14,23,28-32H2,1H3,(H2,46,51)(H,47,52)(H,48,49,53,54)/t39-/m1/s1. The molecular weight excluding hydrogens is 723 g/mol. The minimum Gasteiger partial charge on any atom is -0.497 e. The summed E-state index contributed by atoms with van der Waals surface area (Å²) >= 11 is 0. The molecule has 0 unspecified atom stereocenters. The highest BCUT2D eigenvalue weighted by atomic mass is 16.6. The van der Waals surface area contributed by atoms with E-state index in [4.69, 9.17) is 19.9 Å². The Hall–Kier alpha value is -6.95. The molecule has 0 heterocycles. The van der Waals surface area contributed by atoms with Gasteiger partial charge in [0.2, 0.25) is 17.8 Å². The number of hydrogen-bond acceptors (Lipinski definition) is 7. The Bertz CT molecular complexity index is 2010. The van der Waals surface area contributed by atoms with E-state index >= 15 is 0 Å². The van der Waals surface area contributed by atoms with E-state index in [-0.39, 0.29) is 44.6 Å². The third-order valence-corrected chi connectivity index (χ3v) is 9.07. The summed E-state index contributed by atoms with van der Waals surface area (Å²) in [7, 11) is 1.59. The lowest BCUT2D eigenvalue weighted by Gasteiger charge is -2.27. The number of methoxy groups -OCH3 is 1. The van der Waals surface area contributed by atoms with Gasteiger partial charge in [0.25, 0.3) is 0 Å². The number of aliphatic imine (C=N–C) groups is 1. The van der Waals surface area contributed by atoms with Crippen LogP contribution in [-0.2, 0) is 38.7 Å². The number of amides is 4. The fraction of sp³-hybridized carbons (Fsp3) is 0.222. The van der Waals surface area contributed by atoms with Crippen molar-refractivity contribution in [3.63, 3.8) is 0 Å². The average Bonchev–Trinajstić information content (AvgIpc) is 3.24. The molecule has 0 spiro atoms. The number of alkyl carbamates (subject to hydrolysis) is 1. The minimum absolute atomic E-state index is 0.0167. The monoisotopic (exact) mass is 769 g/mol. The van der Waals surface area contributed by atoms with Gasteiger partial charge in [-0.05, 0) is 59.2 Å². The number of benzene rings is 5. The summed E-state index contributed by atoms with van der Waals surface area (Å²) in [6, 6.07) is 43.4. The number of nitrogens with one attached hydrogen (secondary N) is 2. The van der Waals surface area contributed by atoms with Gasteiger partial charge in [0.15, 0.2) is 0 Å². The second kappa shape index (κ2) is 21.8. The number of primary amides is 1. The SMILES string of the molecule is COc1ccc(CCN(CCC[C@@H](NC(=O)C(c2ccccc2)c2ccccc2)C(N)=O)C(=NC(=O)OCc2ccccc2)NC(=O)OCc2ccccc2)cc1. The molecule has 0 saturated carbocycles. The second-order valence-electron chi connectivity index (χ2n) is 13.1. The van der Waals surface area contributed by atoms with Crippen molar-refractivity contribution in [1.29, 1.82) is 0 Å². The molecule has 0 aliphatic rings. The van der Waals surface area contributed by atoms with Crippen molar-refractivity contribution in [1.82, 2.24) is 15.5 Å². The van der Waals surface area contributed by atoms with E-state index in [1.165, 1.54) is 0 Å². The van der Waals surface area contributed by atoms with Gasteiger partial charge in [0.1, 0.15) is 25.0 Å². The van der Waals surface area contributed by atoms with Crippen LogP contribution < -0.4 is 21.1 Å². The van der Waals surface area contributed by atoms with Crippen LogP contribution in [0.1, 0.15) is 46.6 Å². The van der Waals surface area contributed by atoms with Crippen LogP contribution in [0.5, 0.6) is 5.75 Å². The summed E-state index contributed by atoms with van der Waals surface area (Å²) in [6.45, 7) is 0.430.